The van der Waals surface area contributed by atoms with Crippen LogP contribution in [0.25, 0.3) is 95.5 Å². The SMILES string of the molecule is Cc1cc(C2CCN(C3CC3)CC2)cn2c(=O)cc(-c3ccc4nn(C)cc4c3)nc12.Cc1cn2cc(-c3cc(=O)n4cc(N5CCN[C@@H](C)C5)ccc4n3)cc(C3CC3)c2n1.Cc1cn2cc(-c3cc(=O)n4cc(N5CCN[C@H](C)C5)ccc4n3)cc(C3CC3)c2n1.Cc1cn2cc(-c3cc(=O)n4cc(N5C[C@@H](C)N[C@@H](C)C5)ccc4n3)cc(C3CC3)c2n1. The van der Waals surface area contributed by atoms with E-state index >= 15 is 0 Å². The molecule has 16 aromatic rings. The third-order valence-electron chi connectivity index (χ3n) is 26.3. The first kappa shape index (κ1) is 79.6. The van der Waals surface area contributed by atoms with Crippen LogP contribution in [-0.4, -0.2) is 176 Å². The van der Waals surface area contributed by atoms with Crippen molar-refractivity contribution in [2.75, 3.05) is 80.1 Å². The number of hydrogen-bond donors (Lipinski definition) is 3. The minimum absolute atomic E-state index is 0.0216. The molecule has 27 nitrogen and oxygen atoms in total. The maximum atomic E-state index is 13.1. The van der Waals surface area contributed by atoms with Crippen molar-refractivity contribution in [2.24, 2.45) is 7.05 Å². The van der Waals surface area contributed by atoms with E-state index < -0.39 is 0 Å². The number of pyridine rings is 7. The Morgan fingerprint density at radius 1 is 0.352 bits per heavy atom. The highest BCUT2D eigenvalue weighted by Gasteiger charge is 2.35. The summed E-state index contributed by atoms with van der Waals surface area (Å²) >= 11 is 0. The fourth-order valence-corrected chi connectivity index (χ4v) is 19.5. The van der Waals surface area contributed by atoms with E-state index in [-0.39, 0.29) is 22.2 Å². The van der Waals surface area contributed by atoms with Crippen LogP contribution in [0.3, 0.4) is 0 Å². The molecule has 0 unspecified atom stereocenters. The molecular weight excluding hydrogens is 1560 g/mol. The number of likely N-dealkylation sites (tertiary alicyclic amines) is 1. The van der Waals surface area contributed by atoms with Crippen LogP contribution in [0.2, 0.25) is 0 Å². The number of rotatable bonds is 12. The van der Waals surface area contributed by atoms with Gasteiger partial charge in [0, 0.05) is 210 Å². The van der Waals surface area contributed by atoms with Crippen LogP contribution in [0, 0.1) is 27.7 Å². The first-order valence-corrected chi connectivity index (χ1v) is 44.9. The van der Waals surface area contributed by atoms with Gasteiger partial charge in [0.1, 0.15) is 39.5 Å². The molecule has 27 heteroatoms. The molecule has 19 heterocycles. The van der Waals surface area contributed by atoms with E-state index in [1.807, 2.05) is 126 Å². The van der Waals surface area contributed by atoms with Crippen LogP contribution < -0.4 is 52.9 Å². The van der Waals surface area contributed by atoms with Crippen molar-refractivity contribution in [3.8, 4) is 45.0 Å². The highest BCUT2D eigenvalue weighted by Crippen LogP contribution is 2.46. The normalized spacial score (nSPS) is 19.7. The average molecular weight is 1670 g/mol. The Balaban J connectivity index is 0.000000102. The molecule has 0 bridgehead atoms. The monoisotopic (exact) mass is 1670 g/mol. The molecule has 4 saturated carbocycles. The van der Waals surface area contributed by atoms with Crippen LogP contribution >= 0.6 is 0 Å². The topological polar surface area (TPSA) is 256 Å². The fourth-order valence-electron chi connectivity index (χ4n) is 19.5. The first-order chi connectivity index (χ1) is 60.6. The van der Waals surface area contributed by atoms with Crippen LogP contribution in [0.4, 0.5) is 17.1 Å². The number of imidazole rings is 3. The number of aromatic nitrogens is 16. The number of nitrogens with one attached hydrogen (secondary N) is 3. The van der Waals surface area contributed by atoms with Crippen molar-refractivity contribution in [3.63, 3.8) is 0 Å². The standard InChI is InChI=1S/C25H28N6O.C25H27N5O.2C24H26N6O/c1-15-10-29(11-16(2)26-15)20-6-7-23-28-22(9-24(32)31(23)14-20)19-8-21(18-4-5-18)25-27-17(3)12-30(25)13-19;1-16-11-19(17-7-9-29(10-8-17)21-4-5-21)15-30-24(31)13-23(26-25(16)30)18-3-6-22-20(12-18)14-28(2)27-22;2*1-15-11-28(8-7-25-15)19-5-6-22-27-21(10-23(31)30(22)14-19)18-9-20(17-3-4-17)24-26-16(2)12-29(24)13-18/h6-9,12-16,18,26H,4-5,10-11H2,1-3H3;3,6,11-15,17,21H,4-5,7-10H2,1-2H3;2*5-6,9-10,12-15,17,25H,3-4,7-8,11H2,1-2H3/t15-,16+;;2*15-/m..10/s1. The summed E-state index contributed by atoms with van der Waals surface area (Å²) in [5, 5.41) is 15.9. The largest absolute Gasteiger partial charge is 0.368 e. The second kappa shape index (κ2) is 32.2. The molecule has 8 aliphatic rings. The number of anilines is 3. The van der Waals surface area contributed by atoms with E-state index in [0.717, 1.165) is 154 Å². The smallest absolute Gasteiger partial charge is 0.258 e. The lowest BCUT2D eigenvalue weighted by Gasteiger charge is -2.37. The van der Waals surface area contributed by atoms with Gasteiger partial charge in [-0.1, -0.05) is 12.1 Å². The molecule has 15 aromatic heterocycles. The molecule has 3 N–H and O–H groups in total. The van der Waals surface area contributed by atoms with Crippen molar-refractivity contribution >= 4 is 67.5 Å². The minimum Gasteiger partial charge on any atom is -0.368 e. The van der Waals surface area contributed by atoms with Crippen LogP contribution in [-0.2, 0) is 7.05 Å². The minimum atomic E-state index is -0.0574. The second-order valence-corrected chi connectivity index (χ2v) is 36.7. The summed E-state index contributed by atoms with van der Waals surface area (Å²) in [6, 6.07) is 36.0. The van der Waals surface area contributed by atoms with Crippen LogP contribution in [0.15, 0.2) is 190 Å². The zero-order chi connectivity index (χ0) is 85.3. The predicted octanol–water partition coefficient (Wildman–Crippen LogP) is 13.3. The van der Waals surface area contributed by atoms with Crippen molar-refractivity contribution in [1.29, 1.82) is 0 Å². The van der Waals surface area contributed by atoms with Gasteiger partial charge in [-0.15, -0.1) is 0 Å². The van der Waals surface area contributed by atoms with E-state index in [0.29, 0.717) is 87.6 Å². The Kier molecular flexibility index (Phi) is 20.5. The molecule has 638 valence electrons. The number of piperidine rings is 1. The van der Waals surface area contributed by atoms with Crippen molar-refractivity contribution in [2.45, 2.75) is 173 Å². The van der Waals surface area contributed by atoms with Crippen LogP contribution in [0.5, 0.6) is 0 Å². The second-order valence-electron chi connectivity index (χ2n) is 36.7. The van der Waals surface area contributed by atoms with Gasteiger partial charge in [-0.25, -0.2) is 34.9 Å². The van der Waals surface area contributed by atoms with E-state index in [9.17, 15) is 19.2 Å². The average Bonchev–Trinajstić information content (AvgIpc) is 1.65. The summed E-state index contributed by atoms with van der Waals surface area (Å²) in [6.07, 6.45) is 34.3. The zero-order valence-corrected chi connectivity index (χ0v) is 72.6. The molecule has 0 spiro atoms. The van der Waals surface area contributed by atoms with Gasteiger partial charge in [-0.2, -0.15) is 5.10 Å². The Bertz CT molecular complexity index is 6960. The van der Waals surface area contributed by atoms with E-state index in [1.165, 1.54) is 99.6 Å². The molecule has 4 atom stereocenters. The lowest BCUT2D eigenvalue weighted by atomic mass is 9.89. The third kappa shape index (κ3) is 16.4. The predicted molar refractivity (Wildman–Crippen MR) is 493 cm³/mol. The molecule has 8 fully saturated rings. The maximum Gasteiger partial charge on any atom is 0.258 e. The van der Waals surface area contributed by atoms with Gasteiger partial charge in [-0.3, -0.25) is 41.5 Å². The summed E-state index contributed by atoms with van der Waals surface area (Å²) in [7, 11) is 1.91. The maximum absolute atomic E-state index is 13.1. The summed E-state index contributed by atoms with van der Waals surface area (Å²) < 4.78 is 14.8. The van der Waals surface area contributed by atoms with Crippen molar-refractivity contribution in [3.05, 3.63) is 258 Å². The Hall–Kier alpha value is -12.6. The third-order valence-corrected chi connectivity index (χ3v) is 26.3. The number of piperazine rings is 3. The van der Waals surface area contributed by atoms with Gasteiger partial charge in [0.15, 0.2) is 0 Å². The first-order valence-electron chi connectivity index (χ1n) is 44.9. The Morgan fingerprint density at radius 3 is 1.19 bits per heavy atom. The molecule has 1 aromatic carbocycles. The van der Waals surface area contributed by atoms with Crippen molar-refractivity contribution < 1.29 is 0 Å². The molecule has 125 heavy (non-hydrogen) atoms. The summed E-state index contributed by atoms with van der Waals surface area (Å²) in [4.78, 5) is 95.4. The van der Waals surface area contributed by atoms with E-state index in [4.69, 9.17) is 34.9 Å². The quantitative estimate of drug-likeness (QED) is 0.103. The summed E-state index contributed by atoms with van der Waals surface area (Å²) in [6.45, 7) is 26.7. The van der Waals surface area contributed by atoms with Gasteiger partial charge >= 0.3 is 0 Å². The fraction of sp³-hybridized carbons (Fsp3) is 0.388. The Morgan fingerprint density at radius 2 is 0.768 bits per heavy atom. The van der Waals surface area contributed by atoms with Gasteiger partial charge in [-0.05, 0) is 251 Å². The highest BCUT2D eigenvalue weighted by molar-refractivity contribution is 5.84. The number of nitrogens with zero attached hydrogens (tertiary/aromatic N) is 20. The number of aryl methyl sites for hydroxylation is 5. The highest BCUT2D eigenvalue weighted by atomic mass is 16.1. The lowest BCUT2D eigenvalue weighted by Crippen LogP contribution is -2.54. The summed E-state index contributed by atoms with van der Waals surface area (Å²) in [5.74, 6) is 2.22. The van der Waals surface area contributed by atoms with E-state index in [2.05, 4.69) is 137 Å². The molecule has 4 saturated heterocycles. The number of fused-ring (bicyclic) bond motifs is 8. The molecule has 24 rings (SSSR count). The molecular formula is C98H107N23O4. The molecule has 4 aliphatic heterocycles. The zero-order valence-electron chi connectivity index (χ0n) is 72.6. The number of benzene rings is 1. The lowest BCUT2D eigenvalue weighted by molar-refractivity contribution is 0.203. The number of hydrogen-bond acceptors (Lipinski definition) is 19. The molecule has 0 amide bonds. The Labute approximate surface area is 723 Å². The molecule has 4 aliphatic carbocycles. The van der Waals surface area contributed by atoms with Crippen LogP contribution in [0.1, 0.15) is 160 Å². The van der Waals surface area contributed by atoms with Gasteiger partial charge in [0.05, 0.1) is 62.4 Å². The van der Waals surface area contributed by atoms with Gasteiger partial charge in [0.25, 0.3) is 22.2 Å². The van der Waals surface area contributed by atoms with E-state index in [1.54, 1.807) is 46.6 Å². The molecule has 0 radical (unpaired) electrons. The summed E-state index contributed by atoms with van der Waals surface area (Å²) in [5.41, 5.74) is 25.5. The van der Waals surface area contributed by atoms with Crippen molar-refractivity contribution in [1.82, 2.24) is 96.3 Å². The van der Waals surface area contributed by atoms with Gasteiger partial charge < -0.3 is 48.8 Å². The van der Waals surface area contributed by atoms with Gasteiger partial charge in [0.2, 0.25) is 0 Å².